The summed E-state index contributed by atoms with van der Waals surface area (Å²) in [5.41, 5.74) is 0.908. The van der Waals surface area contributed by atoms with Crippen molar-refractivity contribution < 1.29 is 9.72 Å². The van der Waals surface area contributed by atoms with Crippen molar-refractivity contribution in [1.29, 1.82) is 0 Å². The van der Waals surface area contributed by atoms with E-state index >= 15 is 0 Å². The van der Waals surface area contributed by atoms with Gasteiger partial charge in [0.2, 0.25) is 6.54 Å². The fraction of sp³-hybridized carbons (Fsp3) is 0.400. The summed E-state index contributed by atoms with van der Waals surface area (Å²) in [6.07, 6.45) is 3.86. The van der Waals surface area contributed by atoms with Gasteiger partial charge < -0.3 is 4.79 Å². The number of nitrogens with zero attached hydrogens (tertiary/aromatic N) is 1. The van der Waals surface area contributed by atoms with Crippen LogP contribution in [0.5, 0.6) is 0 Å². The van der Waals surface area contributed by atoms with Gasteiger partial charge in [0.1, 0.15) is 13.5 Å². The SMILES string of the molecule is C[Si](C)(C)C(=O)/C=C/CC(C[N+](=O)[O-])c1cccc(Br)c1. The number of rotatable bonds is 7. The highest BCUT2D eigenvalue weighted by Gasteiger charge is 2.22. The zero-order valence-electron chi connectivity index (χ0n) is 12.5. The molecule has 0 saturated heterocycles. The van der Waals surface area contributed by atoms with Gasteiger partial charge in [0.05, 0.1) is 5.92 Å². The number of hydrogen-bond donors (Lipinski definition) is 0. The molecule has 1 aromatic rings. The lowest BCUT2D eigenvalue weighted by molar-refractivity contribution is -0.483. The highest BCUT2D eigenvalue weighted by atomic mass is 79.9. The number of hydrogen-bond acceptors (Lipinski definition) is 3. The Morgan fingerprint density at radius 1 is 1.43 bits per heavy atom. The molecule has 0 aliphatic rings. The molecule has 0 fully saturated rings. The fourth-order valence-electron chi connectivity index (χ4n) is 1.85. The monoisotopic (exact) mass is 369 g/mol. The van der Waals surface area contributed by atoms with Gasteiger partial charge in [-0.3, -0.25) is 10.1 Å². The maximum Gasteiger partial charge on any atom is 0.210 e. The number of halogens is 1. The molecule has 0 spiro atoms. The van der Waals surface area contributed by atoms with E-state index in [-0.39, 0.29) is 22.8 Å². The summed E-state index contributed by atoms with van der Waals surface area (Å²) in [5, 5.41) is 11.0. The molecule has 1 rings (SSSR count). The first-order valence-corrected chi connectivity index (χ1v) is 11.1. The molecule has 21 heavy (non-hydrogen) atoms. The van der Waals surface area contributed by atoms with Gasteiger partial charge in [-0.15, -0.1) is 0 Å². The van der Waals surface area contributed by atoms with Gasteiger partial charge >= 0.3 is 0 Å². The predicted octanol–water partition coefficient (Wildman–Crippen LogP) is 4.20. The molecule has 0 amide bonds. The third-order valence-electron chi connectivity index (χ3n) is 3.12. The van der Waals surface area contributed by atoms with Gasteiger partial charge in [0, 0.05) is 9.40 Å². The average molecular weight is 370 g/mol. The quantitative estimate of drug-likeness (QED) is 0.313. The van der Waals surface area contributed by atoms with Crippen molar-refractivity contribution in [3.63, 3.8) is 0 Å². The summed E-state index contributed by atoms with van der Waals surface area (Å²) in [4.78, 5) is 22.4. The van der Waals surface area contributed by atoms with Crippen molar-refractivity contribution in [3.05, 3.63) is 56.6 Å². The Morgan fingerprint density at radius 3 is 2.62 bits per heavy atom. The third kappa shape index (κ3) is 6.35. The van der Waals surface area contributed by atoms with E-state index < -0.39 is 8.07 Å². The standard InChI is InChI=1S/C15H20BrNO3Si/c1-21(2,3)15(18)9-5-7-13(11-17(19)20)12-6-4-8-14(16)10-12/h4-6,8-10,13H,7,11H2,1-3H3/b9-5+. The molecular formula is C15H20BrNO3Si. The van der Waals surface area contributed by atoms with E-state index in [4.69, 9.17) is 0 Å². The van der Waals surface area contributed by atoms with Crippen LogP contribution in [-0.2, 0) is 4.79 Å². The molecule has 0 aliphatic carbocycles. The first kappa shape index (κ1) is 17.8. The Hall–Kier alpha value is -1.27. The Morgan fingerprint density at radius 2 is 2.10 bits per heavy atom. The molecular weight excluding hydrogens is 350 g/mol. The number of benzene rings is 1. The zero-order chi connectivity index (χ0) is 16.0. The minimum absolute atomic E-state index is 0.137. The van der Waals surface area contributed by atoms with Crippen molar-refractivity contribution in [2.24, 2.45) is 0 Å². The lowest BCUT2D eigenvalue weighted by Crippen LogP contribution is -2.31. The van der Waals surface area contributed by atoms with Crippen molar-refractivity contribution >= 4 is 29.4 Å². The van der Waals surface area contributed by atoms with Gasteiger partial charge in [-0.1, -0.05) is 53.8 Å². The molecule has 0 aliphatic heterocycles. The second-order valence-corrected chi connectivity index (χ2v) is 11.9. The maximum absolute atomic E-state index is 11.9. The minimum atomic E-state index is -1.82. The molecule has 6 heteroatoms. The van der Waals surface area contributed by atoms with Gasteiger partial charge in [0.15, 0.2) is 0 Å². The van der Waals surface area contributed by atoms with Gasteiger partial charge in [0.25, 0.3) is 0 Å². The van der Waals surface area contributed by atoms with Gasteiger partial charge in [-0.05, 0) is 30.2 Å². The second-order valence-electron chi connectivity index (χ2n) is 6.02. The summed E-state index contributed by atoms with van der Waals surface area (Å²) in [5.74, 6) is -0.219. The molecule has 0 radical (unpaired) electrons. The Balaban J connectivity index is 2.83. The van der Waals surface area contributed by atoms with Crippen LogP contribution in [0.4, 0.5) is 0 Å². The molecule has 114 valence electrons. The van der Waals surface area contributed by atoms with Crippen LogP contribution in [-0.4, -0.2) is 24.9 Å². The smallest absolute Gasteiger partial charge is 0.210 e. The van der Waals surface area contributed by atoms with Crippen LogP contribution in [0.25, 0.3) is 0 Å². The Kier molecular flexibility index (Phi) is 6.48. The highest BCUT2D eigenvalue weighted by molar-refractivity contribution is 9.10. The number of carbonyl (C=O) groups excluding carboxylic acids is 1. The summed E-state index contributed by atoms with van der Waals surface area (Å²) >= 11 is 3.38. The summed E-state index contributed by atoms with van der Waals surface area (Å²) in [6.45, 7) is 5.83. The van der Waals surface area contributed by atoms with Crippen LogP contribution in [0.1, 0.15) is 17.9 Å². The highest BCUT2D eigenvalue weighted by Crippen LogP contribution is 2.23. The van der Waals surface area contributed by atoms with Crippen molar-refractivity contribution in [2.45, 2.75) is 32.0 Å². The fourth-order valence-corrected chi connectivity index (χ4v) is 2.88. The van der Waals surface area contributed by atoms with Crippen LogP contribution in [0.3, 0.4) is 0 Å². The van der Waals surface area contributed by atoms with Crippen molar-refractivity contribution in [3.8, 4) is 0 Å². The van der Waals surface area contributed by atoms with Gasteiger partial charge in [-0.2, -0.15) is 0 Å². The summed E-state index contributed by atoms with van der Waals surface area (Å²) in [6, 6.07) is 7.52. The predicted molar refractivity (Wildman–Crippen MR) is 90.9 cm³/mol. The van der Waals surface area contributed by atoms with Crippen molar-refractivity contribution in [2.75, 3.05) is 6.54 Å². The van der Waals surface area contributed by atoms with Crippen LogP contribution in [0, 0.1) is 10.1 Å². The molecule has 0 aromatic heterocycles. The molecule has 4 nitrogen and oxygen atoms in total. The molecule has 0 N–H and O–H groups in total. The maximum atomic E-state index is 11.9. The van der Waals surface area contributed by atoms with Crippen molar-refractivity contribution in [1.82, 2.24) is 0 Å². The molecule has 0 heterocycles. The lowest BCUT2D eigenvalue weighted by atomic mass is 9.96. The molecule has 1 unspecified atom stereocenters. The average Bonchev–Trinajstić information content (AvgIpc) is 2.35. The number of allylic oxidation sites excluding steroid dienone is 2. The number of nitro groups is 1. The van der Waals surface area contributed by atoms with Crippen LogP contribution >= 0.6 is 15.9 Å². The van der Waals surface area contributed by atoms with E-state index in [2.05, 4.69) is 15.9 Å². The second kappa shape index (κ2) is 7.65. The van der Waals surface area contributed by atoms with E-state index in [1.54, 1.807) is 12.2 Å². The molecule has 1 aromatic carbocycles. The lowest BCUT2D eigenvalue weighted by Gasteiger charge is -2.13. The van der Waals surface area contributed by atoms with E-state index in [0.29, 0.717) is 6.42 Å². The Bertz CT molecular complexity index is 552. The molecule has 0 saturated carbocycles. The van der Waals surface area contributed by atoms with E-state index in [1.165, 1.54) is 0 Å². The molecule has 0 bridgehead atoms. The third-order valence-corrected chi connectivity index (χ3v) is 5.26. The van der Waals surface area contributed by atoms with Crippen LogP contribution in [0.15, 0.2) is 40.9 Å². The van der Waals surface area contributed by atoms with E-state index in [1.807, 2.05) is 43.9 Å². The first-order valence-electron chi connectivity index (χ1n) is 6.78. The minimum Gasteiger partial charge on any atom is -0.301 e. The zero-order valence-corrected chi connectivity index (χ0v) is 15.1. The van der Waals surface area contributed by atoms with Gasteiger partial charge in [-0.25, -0.2) is 0 Å². The number of carbonyl (C=O) groups is 1. The Labute approximate surface area is 134 Å². The molecule has 1 atom stereocenters. The van der Waals surface area contributed by atoms with E-state index in [0.717, 1.165) is 10.0 Å². The van der Waals surface area contributed by atoms with Crippen LogP contribution < -0.4 is 0 Å². The summed E-state index contributed by atoms with van der Waals surface area (Å²) < 4.78 is 0.899. The topological polar surface area (TPSA) is 60.2 Å². The van der Waals surface area contributed by atoms with Crippen LogP contribution in [0.2, 0.25) is 19.6 Å². The van der Waals surface area contributed by atoms with E-state index in [9.17, 15) is 14.9 Å². The normalized spacial score (nSPS) is 13.3. The first-order chi connectivity index (χ1) is 9.70. The summed E-state index contributed by atoms with van der Waals surface area (Å²) in [7, 11) is -1.82. The largest absolute Gasteiger partial charge is 0.301 e.